The molecule has 1 aromatic carbocycles. The van der Waals surface area contributed by atoms with Crippen LogP contribution in [0.1, 0.15) is 63.1 Å². The molecule has 0 amide bonds. The fraction of sp³-hybridized carbons (Fsp3) is 0.444. The summed E-state index contributed by atoms with van der Waals surface area (Å²) in [5, 5.41) is 15.0. The lowest BCUT2D eigenvalue weighted by molar-refractivity contribution is 0.322. The predicted octanol–water partition coefficient (Wildman–Crippen LogP) is 5.52. The second-order valence-electron chi connectivity index (χ2n) is 9.65. The quantitative estimate of drug-likeness (QED) is 0.323. The summed E-state index contributed by atoms with van der Waals surface area (Å²) in [6, 6.07) is 10.2. The van der Waals surface area contributed by atoms with E-state index in [1.807, 2.05) is 10.6 Å². The fourth-order valence-corrected chi connectivity index (χ4v) is 5.66. The molecule has 1 saturated carbocycles. The van der Waals surface area contributed by atoms with Gasteiger partial charge in [-0.1, -0.05) is 81.3 Å². The number of tetrazole rings is 1. The highest BCUT2D eigenvalue weighted by Crippen LogP contribution is 2.30. The lowest BCUT2D eigenvalue weighted by Crippen LogP contribution is -2.26. The number of nitrogens with one attached hydrogen (secondary N) is 1. The Labute approximate surface area is 215 Å². The summed E-state index contributed by atoms with van der Waals surface area (Å²) in [6.07, 6.45) is 12.7. The van der Waals surface area contributed by atoms with Crippen LogP contribution in [-0.4, -0.2) is 34.7 Å². The van der Waals surface area contributed by atoms with Gasteiger partial charge in [0, 0.05) is 24.5 Å². The van der Waals surface area contributed by atoms with Crippen molar-refractivity contribution in [3.63, 3.8) is 0 Å². The SMILES string of the molecule is CCCc1c(Cl)n(CCC2CCCCC2)c(=O)n1Cc1ccc(-c2ccncc2-c2nn[nH]n2)cc1. The molecule has 0 saturated heterocycles. The second-order valence-corrected chi connectivity index (χ2v) is 10.0. The number of H-pyrrole nitrogens is 1. The Kier molecular flexibility index (Phi) is 7.60. The Balaban J connectivity index is 1.38. The first-order chi connectivity index (χ1) is 17.7. The number of benzene rings is 1. The Hall–Kier alpha value is -3.26. The van der Waals surface area contributed by atoms with Gasteiger partial charge in [-0.25, -0.2) is 4.79 Å². The third-order valence-electron chi connectivity index (χ3n) is 7.25. The summed E-state index contributed by atoms with van der Waals surface area (Å²) in [4.78, 5) is 17.7. The molecule has 0 aliphatic heterocycles. The molecule has 1 fully saturated rings. The average Bonchev–Trinajstić information content (AvgIpc) is 3.53. The maximum absolute atomic E-state index is 13.4. The van der Waals surface area contributed by atoms with Gasteiger partial charge in [-0.05, 0) is 46.7 Å². The number of hydrogen-bond acceptors (Lipinski definition) is 5. The molecule has 36 heavy (non-hydrogen) atoms. The van der Waals surface area contributed by atoms with Crippen LogP contribution in [0.25, 0.3) is 22.5 Å². The van der Waals surface area contributed by atoms with Gasteiger partial charge in [-0.2, -0.15) is 5.21 Å². The minimum Gasteiger partial charge on any atom is -0.290 e. The highest BCUT2D eigenvalue weighted by Gasteiger charge is 2.20. The van der Waals surface area contributed by atoms with Gasteiger partial charge >= 0.3 is 5.69 Å². The van der Waals surface area contributed by atoms with E-state index in [0.29, 0.717) is 30.0 Å². The summed E-state index contributed by atoms with van der Waals surface area (Å²) in [5.74, 6) is 1.21. The lowest BCUT2D eigenvalue weighted by Gasteiger charge is -2.21. The van der Waals surface area contributed by atoms with Crippen LogP contribution in [0, 0.1) is 5.92 Å². The Morgan fingerprint density at radius 3 is 2.58 bits per heavy atom. The monoisotopic (exact) mass is 505 g/mol. The number of imidazole rings is 1. The summed E-state index contributed by atoms with van der Waals surface area (Å²) < 4.78 is 3.66. The Morgan fingerprint density at radius 2 is 1.86 bits per heavy atom. The third kappa shape index (κ3) is 5.14. The zero-order chi connectivity index (χ0) is 24.9. The van der Waals surface area contributed by atoms with Crippen LogP contribution < -0.4 is 5.69 Å². The van der Waals surface area contributed by atoms with Gasteiger partial charge < -0.3 is 0 Å². The summed E-state index contributed by atoms with van der Waals surface area (Å²) in [7, 11) is 0. The van der Waals surface area contributed by atoms with Gasteiger partial charge in [0.1, 0.15) is 5.15 Å². The molecule has 0 bridgehead atoms. The van der Waals surface area contributed by atoms with Crippen LogP contribution in [-0.2, 0) is 19.5 Å². The number of rotatable bonds is 9. The van der Waals surface area contributed by atoms with Crippen LogP contribution in [0.4, 0.5) is 0 Å². The average molecular weight is 506 g/mol. The molecule has 0 unspecified atom stereocenters. The maximum atomic E-state index is 13.4. The van der Waals surface area contributed by atoms with E-state index in [2.05, 4.69) is 56.8 Å². The zero-order valence-corrected chi connectivity index (χ0v) is 21.4. The van der Waals surface area contributed by atoms with E-state index in [1.165, 1.54) is 32.1 Å². The molecule has 0 spiro atoms. The number of hydrogen-bond donors (Lipinski definition) is 1. The molecule has 188 valence electrons. The summed E-state index contributed by atoms with van der Waals surface area (Å²) >= 11 is 6.79. The maximum Gasteiger partial charge on any atom is 0.329 e. The van der Waals surface area contributed by atoms with E-state index in [9.17, 15) is 4.79 Å². The Bertz CT molecular complexity index is 1340. The van der Waals surface area contributed by atoms with Crippen molar-refractivity contribution in [2.75, 3.05) is 0 Å². The molecule has 8 nitrogen and oxygen atoms in total. The lowest BCUT2D eigenvalue weighted by atomic mass is 9.87. The number of halogens is 1. The van der Waals surface area contributed by atoms with Crippen molar-refractivity contribution in [2.24, 2.45) is 5.92 Å². The third-order valence-corrected chi connectivity index (χ3v) is 7.67. The van der Waals surface area contributed by atoms with E-state index < -0.39 is 0 Å². The van der Waals surface area contributed by atoms with E-state index >= 15 is 0 Å². The van der Waals surface area contributed by atoms with Crippen LogP contribution in [0.15, 0.2) is 47.5 Å². The van der Waals surface area contributed by atoms with Gasteiger partial charge in [0.15, 0.2) is 0 Å². The van der Waals surface area contributed by atoms with Gasteiger partial charge in [0.05, 0.1) is 12.2 Å². The van der Waals surface area contributed by atoms with Gasteiger partial charge in [0.25, 0.3) is 0 Å². The van der Waals surface area contributed by atoms with Gasteiger partial charge in [0.2, 0.25) is 5.82 Å². The first-order valence-corrected chi connectivity index (χ1v) is 13.3. The molecule has 1 N–H and O–H groups in total. The molecular formula is C27H32ClN7O. The molecular weight excluding hydrogens is 474 g/mol. The zero-order valence-electron chi connectivity index (χ0n) is 20.7. The molecule has 0 radical (unpaired) electrons. The fourth-order valence-electron chi connectivity index (χ4n) is 5.30. The first kappa shape index (κ1) is 24.4. The van der Waals surface area contributed by atoms with Crippen molar-refractivity contribution in [1.29, 1.82) is 0 Å². The van der Waals surface area contributed by atoms with E-state index in [4.69, 9.17) is 11.6 Å². The smallest absolute Gasteiger partial charge is 0.290 e. The summed E-state index contributed by atoms with van der Waals surface area (Å²) in [6.45, 7) is 3.32. The standard InChI is InChI=1S/C27H32ClN7O/c1-2-6-24-25(28)34(16-14-19-7-4-3-5-8-19)27(36)35(24)18-20-9-11-21(12-10-20)22-13-15-29-17-23(22)26-30-32-33-31-26/h9-13,15,17,19H,2-8,14,16,18H2,1H3,(H,30,31,32,33). The highest BCUT2D eigenvalue weighted by molar-refractivity contribution is 6.30. The predicted molar refractivity (Wildman–Crippen MR) is 141 cm³/mol. The van der Waals surface area contributed by atoms with Crippen LogP contribution in [0.5, 0.6) is 0 Å². The first-order valence-electron chi connectivity index (χ1n) is 12.9. The topological polar surface area (TPSA) is 94.3 Å². The van der Waals surface area contributed by atoms with Crippen LogP contribution in [0.2, 0.25) is 5.15 Å². The van der Waals surface area contributed by atoms with Crippen molar-refractivity contribution in [1.82, 2.24) is 34.7 Å². The molecule has 3 aromatic heterocycles. The Morgan fingerprint density at radius 1 is 1.06 bits per heavy atom. The van der Waals surface area contributed by atoms with Crippen molar-refractivity contribution in [3.8, 4) is 22.5 Å². The molecule has 9 heteroatoms. The molecule has 3 heterocycles. The normalized spacial score (nSPS) is 14.4. The van der Waals surface area contributed by atoms with E-state index in [-0.39, 0.29) is 5.69 Å². The van der Waals surface area contributed by atoms with Crippen molar-refractivity contribution in [3.05, 3.63) is 69.6 Å². The second kappa shape index (κ2) is 11.2. The molecule has 5 rings (SSSR count). The molecule has 4 aromatic rings. The van der Waals surface area contributed by atoms with E-state index in [1.54, 1.807) is 17.0 Å². The van der Waals surface area contributed by atoms with Crippen molar-refractivity contribution in [2.45, 2.75) is 71.4 Å². The summed E-state index contributed by atoms with van der Waals surface area (Å²) in [5.41, 5.74) is 4.78. The van der Waals surface area contributed by atoms with Crippen molar-refractivity contribution >= 4 is 11.6 Å². The highest BCUT2D eigenvalue weighted by atomic mass is 35.5. The minimum atomic E-state index is -0.00291. The van der Waals surface area contributed by atoms with Crippen LogP contribution >= 0.6 is 11.6 Å². The van der Waals surface area contributed by atoms with Gasteiger partial charge in [-0.3, -0.25) is 14.1 Å². The molecule has 1 aliphatic carbocycles. The molecule has 0 atom stereocenters. The van der Waals surface area contributed by atoms with Gasteiger partial charge in [-0.15, -0.1) is 10.2 Å². The largest absolute Gasteiger partial charge is 0.329 e. The number of nitrogens with zero attached hydrogens (tertiary/aromatic N) is 6. The van der Waals surface area contributed by atoms with Crippen molar-refractivity contribution < 1.29 is 0 Å². The number of aromatic amines is 1. The minimum absolute atomic E-state index is 0.00291. The number of aromatic nitrogens is 7. The van der Waals surface area contributed by atoms with E-state index in [0.717, 1.165) is 47.2 Å². The molecule has 1 aliphatic rings. The number of pyridine rings is 1. The van der Waals surface area contributed by atoms with Crippen LogP contribution in [0.3, 0.4) is 0 Å².